The third-order valence-electron chi connectivity index (χ3n) is 2.63. The zero-order valence-corrected chi connectivity index (χ0v) is 9.72. The van der Waals surface area contributed by atoms with Crippen molar-refractivity contribution in [2.45, 2.75) is 25.8 Å². The summed E-state index contributed by atoms with van der Waals surface area (Å²) in [6, 6.07) is 7.92. The van der Waals surface area contributed by atoms with Crippen LogP contribution in [0.3, 0.4) is 0 Å². The Hall–Kier alpha value is -1.84. The van der Waals surface area contributed by atoms with Crippen molar-refractivity contribution >= 4 is 11.9 Å². The number of aliphatic carboxylic acids is 1. The Morgan fingerprint density at radius 3 is 2.71 bits per heavy atom. The molecule has 0 saturated carbocycles. The van der Waals surface area contributed by atoms with Crippen LogP contribution in [-0.2, 0) is 16.0 Å². The van der Waals surface area contributed by atoms with Gasteiger partial charge in [0.05, 0.1) is 6.04 Å². The molecule has 0 saturated heterocycles. The topological polar surface area (TPSA) is 58.9 Å². The van der Waals surface area contributed by atoms with E-state index in [9.17, 15) is 4.79 Å². The maximum atomic E-state index is 10.4. The van der Waals surface area contributed by atoms with E-state index in [4.69, 9.17) is 9.84 Å². The van der Waals surface area contributed by atoms with Crippen LogP contribution in [-0.4, -0.2) is 29.6 Å². The van der Waals surface area contributed by atoms with Gasteiger partial charge in [0.1, 0.15) is 6.61 Å². The third kappa shape index (κ3) is 3.06. The molecule has 1 unspecified atom stereocenters. The summed E-state index contributed by atoms with van der Waals surface area (Å²) in [5.74, 6) is -0.0892. The van der Waals surface area contributed by atoms with E-state index < -0.39 is 5.97 Å². The molecule has 4 heteroatoms. The summed E-state index contributed by atoms with van der Waals surface area (Å²) in [5.41, 5.74) is 1.97. The molecule has 2 rings (SSSR count). The summed E-state index contributed by atoms with van der Waals surface area (Å²) >= 11 is 0. The van der Waals surface area contributed by atoms with Gasteiger partial charge in [-0.2, -0.15) is 0 Å². The Morgan fingerprint density at radius 2 is 2.18 bits per heavy atom. The molecule has 1 aliphatic heterocycles. The minimum absolute atomic E-state index is 0.161. The van der Waals surface area contributed by atoms with Crippen LogP contribution in [0.2, 0.25) is 0 Å². The van der Waals surface area contributed by atoms with Gasteiger partial charge in [-0.25, -0.2) is 4.99 Å². The summed E-state index contributed by atoms with van der Waals surface area (Å²) in [7, 11) is 0. The molecule has 1 aromatic carbocycles. The molecular formula is C13H15NO3. The van der Waals surface area contributed by atoms with E-state index in [0.29, 0.717) is 18.9 Å². The van der Waals surface area contributed by atoms with Gasteiger partial charge >= 0.3 is 5.97 Å². The van der Waals surface area contributed by atoms with Crippen LogP contribution < -0.4 is 0 Å². The van der Waals surface area contributed by atoms with Gasteiger partial charge < -0.3 is 9.84 Å². The number of nitrogens with zero attached hydrogens (tertiary/aromatic N) is 1. The number of hydrogen-bond acceptors (Lipinski definition) is 3. The van der Waals surface area contributed by atoms with Gasteiger partial charge in [-0.1, -0.05) is 12.1 Å². The maximum Gasteiger partial charge on any atom is 0.303 e. The Balaban J connectivity index is 2.03. The van der Waals surface area contributed by atoms with E-state index in [2.05, 4.69) is 4.99 Å². The normalized spacial score (nSPS) is 18.6. The van der Waals surface area contributed by atoms with E-state index in [1.165, 1.54) is 0 Å². The fourth-order valence-electron chi connectivity index (χ4n) is 1.70. The van der Waals surface area contributed by atoms with Crippen LogP contribution in [0.1, 0.15) is 24.5 Å². The molecule has 0 radical (unpaired) electrons. The van der Waals surface area contributed by atoms with E-state index in [-0.39, 0.29) is 12.5 Å². The van der Waals surface area contributed by atoms with E-state index in [1.54, 1.807) is 0 Å². The predicted octanol–water partition coefficient (Wildman–Crippen LogP) is 1.87. The summed E-state index contributed by atoms with van der Waals surface area (Å²) in [6.45, 7) is 2.64. The smallest absolute Gasteiger partial charge is 0.303 e. The van der Waals surface area contributed by atoms with Gasteiger partial charge in [-0.15, -0.1) is 0 Å². The Bertz CT molecular complexity index is 436. The summed E-state index contributed by atoms with van der Waals surface area (Å²) in [4.78, 5) is 14.8. The number of rotatable bonds is 4. The number of hydrogen-bond donors (Lipinski definition) is 1. The Labute approximate surface area is 99.9 Å². The molecule has 1 N–H and O–H groups in total. The van der Waals surface area contributed by atoms with Gasteiger partial charge in [0, 0.05) is 12.0 Å². The first kappa shape index (κ1) is 11.6. The maximum absolute atomic E-state index is 10.4. The quantitative estimate of drug-likeness (QED) is 0.863. The SMILES string of the molecule is CC1COC(c2ccc(CCC(=O)O)cc2)=N1. The summed E-state index contributed by atoms with van der Waals surface area (Å²) < 4.78 is 5.45. The van der Waals surface area contributed by atoms with Crippen molar-refractivity contribution in [3.8, 4) is 0 Å². The van der Waals surface area contributed by atoms with Crippen molar-refractivity contribution in [1.29, 1.82) is 0 Å². The molecule has 1 aliphatic rings. The highest BCUT2D eigenvalue weighted by atomic mass is 16.5. The van der Waals surface area contributed by atoms with Gasteiger partial charge in [0.2, 0.25) is 5.90 Å². The molecule has 17 heavy (non-hydrogen) atoms. The first-order valence-electron chi connectivity index (χ1n) is 5.67. The van der Waals surface area contributed by atoms with E-state index in [1.807, 2.05) is 31.2 Å². The van der Waals surface area contributed by atoms with Crippen LogP contribution in [0.15, 0.2) is 29.3 Å². The second-order valence-electron chi connectivity index (χ2n) is 4.18. The number of carboxylic acids is 1. The minimum atomic E-state index is -0.772. The third-order valence-corrected chi connectivity index (χ3v) is 2.63. The molecule has 0 spiro atoms. The lowest BCUT2D eigenvalue weighted by Gasteiger charge is -2.03. The van der Waals surface area contributed by atoms with Crippen LogP contribution in [0.5, 0.6) is 0 Å². The molecule has 1 aromatic rings. The first-order chi connectivity index (χ1) is 8.15. The highest BCUT2D eigenvalue weighted by Crippen LogP contribution is 2.13. The zero-order valence-electron chi connectivity index (χ0n) is 9.72. The standard InChI is InChI=1S/C13H15NO3/c1-9-8-17-13(14-9)11-5-2-10(3-6-11)4-7-12(15)16/h2-3,5-6,9H,4,7-8H2,1H3,(H,15,16). The molecule has 0 fully saturated rings. The fraction of sp³-hybridized carbons (Fsp3) is 0.385. The van der Waals surface area contributed by atoms with Crippen LogP contribution in [0, 0.1) is 0 Å². The van der Waals surface area contributed by atoms with Crippen molar-refractivity contribution in [3.05, 3.63) is 35.4 Å². The number of aliphatic imine (C=N–C) groups is 1. The minimum Gasteiger partial charge on any atom is -0.481 e. The number of carboxylic acid groups (broad SMARTS) is 1. The molecule has 90 valence electrons. The van der Waals surface area contributed by atoms with Crippen LogP contribution >= 0.6 is 0 Å². The van der Waals surface area contributed by atoms with Crippen molar-refractivity contribution < 1.29 is 14.6 Å². The fourth-order valence-corrected chi connectivity index (χ4v) is 1.70. The Kier molecular flexibility index (Phi) is 3.42. The van der Waals surface area contributed by atoms with Gasteiger partial charge in [-0.05, 0) is 31.0 Å². The molecule has 1 heterocycles. The van der Waals surface area contributed by atoms with Crippen molar-refractivity contribution in [1.82, 2.24) is 0 Å². The van der Waals surface area contributed by atoms with Crippen molar-refractivity contribution in [3.63, 3.8) is 0 Å². The summed E-state index contributed by atoms with van der Waals surface area (Å²) in [6.07, 6.45) is 0.715. The first-order valence-corrected chi connectivity index (χ1v) is 5.67. The molecule has 0 aliphatic carbocycles. The number of ether oxygens (including phenoxy) is 1. The van der Waals surface area contributed by atoms with Crippen LogP contribution in [0.25, 0.3) is 0 Å². The Morgan fingerprint density at radius 1 is 1.47 bits per heavy atom. The van der Waals surface area contributed by atoms with Gasteiger partial charge in [0.25, 0.3) is 0 Å². The molecule has 0 bridgehead atoms. The highest BCUT2D eigenvalue weighted by molar-refractivity contribution is 5.95. The molecule has 4 nitrogen and oxygen atoms in total. The van der Waals surface area contributed by atoms with Crippen LogP contribution in [0.4, 0.5) is 0 Å². The van der Waals surface area contributed by atoms with Crippen molar-refractivity contribution in [2.24, 2.45) is 4.99 Å². The highest BCUT2D eigenvalue weighted by Gasteiger charge is 2.15. The molecule has 1 atom stereocenters. The number of carbonyl (C=O) groups is 1. The molecular weight excluding hydrogens is 218 g/mol. The molecule has 0 amide bonds. The number of aryl methyl sites for hydroxylation is 1. The largest absolute Gasteiger partial charge is 0.481 e. The monoisotopic (exact) mass is 233 g/mol. The lowest BCUT2D eigenvalue weighted by Crippen LogP contribution is -2.02. The molecule has 0 aromatic heterocycles. The average Bonchev–Trinajstić information content (AvgIpc) is 2.74. The number of benzene rings is 1. The zero-order chi connectivity index (χ0) is 12.3. The second-order valence-corrected chi connectivity index (χ2v) is 4.18. The van der Waals surface area contributed by atoms with E-state index >= 15 is 0 Å². The van der Waals surface area contributed by atoms with Gasteiger partial charge in [0.15, 0.2) is 0 Å². The predicted molar refractivity (Wildman–Crippen MR) is 64.3 cm³/mol. The lowest BCUT2D eigenvalue weighted by atomic mass is 10.1. The lowest BCUT2D eigenvalue weighted by molar-refractivity contribution is -0.136. The van der Waals surface area contributed by atoms with Crippen molar-refractivity contribution in [2.75, 3.05) is 6.61 Å². The van der Waals surface area contributed by atoms with Gasteiger partial charge in [-0.3, -0.25) is 4.79 Å². The summed E-state index contributed by atoms with van der Waals surface area (Å²) in [5, 5.41) is 8.59. The van der Waals surface area contributed by atoms with E-state index in [0.717, 1.165) is 11.1 Å². The second kappa shape index (κ2) is 4.99. The average molecular weight is 233 g/mol.